The van der Waals surface area contributed by atoms with E-state index in [2.05, 4.69) is 0 Å². The minimum atomic E-state index is -3.92. The highest BCUT2D eigenvalue weighted by atomic mass is 32.2. The summed E-state index contributed by atoms with van der Waals surface area (Å²) in [6.45, 7) is 2.09. The molecule has 3 aromatic carbocycles. The molecule has 0 unspecified atom stereocenters. The lowest BCUT2D eigenvalue weighted by Crippen LogP contribution is -2.30. The van der Waals surface area contributed by atoms with Crippen molar-refractivity contribution < 1.29 is 22.0 Å². The normalized spacial score (nSPS) is 13.2. The van der Waals surface area contributed by atoms with Crippen LogP contribution in [0.15, 0.2) is 65.6 Å². The molecule has 0 saturated heterocycles. The fourth-order valence-electron chi connectivity index (χ4n) is 3.63. The largest absolute Gasteiger partial charge is 0.308 e. The van der Waals surface area contributed by atoms with Crippen molar-refractivity contribution in [1.29, 1.82) is 0 Å². The zero-order valence-electron chi connectivity index (χ0n) is 17.0. The summed E-state index contributed by atoms with van der Waals surface area (Å²) in [6, 6.07) is 14.6. The van der Waals surface area contributed by atoms with Crippen LogP contribution in [-0.2, 0) is 16.4 Å². The van der Waals surface area contributed by atoms with Crippen LogP contribution in [-0.4, -0.2) is 27.9 Å². The van der Waals surface area contributed by atoms with E-state index in [1.807, 2.05) is 19.1 Å². The van der Waals surface area contributed by atoms with Crippen LogP contribution < -0.4 is 9.21 Å². The standard InChI is InChI=1S/C23H20F2N2O3S/c1-15-6-8-18(9-7-15)26(2)31(29,30)19-5-3-4-16(12-19)23(28)27-11-10-20-21(25)13-17(24)14-22(20)27/h3-9,12-14H,10-11H2,1-2H3. The van der Waals surface area contributed by atoms with Crippen molar-refractivity contribution in [1.82, 2.24) is 0 Å². The molecule has 0 bridgehead atoms. The van der Waals surface area contributed by atoms with Crippen LogP contribution in [0.4, 0.5) is 20.2 Å². The van der Waals surface area contributed by atoms with Gasteiger partial charge in [0.25, 0.3) is 15.9 Å². The first-order chi connectivity index (χ1) is 14.7. The summed E-state index contributed by atoms with van der Waals surface area (Å²) >= 11 is 0. The first kappa shape index (κ1) is 21.0. The molecule has 0 saturated carbocycles. The van der Waals surface area contributed by atoms with E-state index in [0.29, 0.717) is 5.69 Å². The van der Waals surface area contributed by atoms with Gasteiger partial charge in [-0.2, -0.15) is 0 Å². The number of rotatable bonds is 4. The number of carbonyl (C=O) groups is 1. The van der Waals surface area contributed by atoms with E-state index in [0.717, 1.165) is 22.0 Å². The number of fused-ring (bicyclic) bond motifs is 1. The highest BCUT2D eigenvalue weighted by Crippen LogP contribution is 2.32. The van der Waals surface area contributed by atoms with E-state index in [-0.39, 0.29) is 34.7 Å². The van der Waals surface area contributed by atoms with Crippen molar-refractivity contribution in [3.8, 4) is 0 Å². The molecule has 1 aliphatic rings. The fraction of sp³-hybridized carbons (Fsp3) is 0.174. The molecule has 3 aromatic rings. The van der Waals surface area contributed by atoms with Gasteiger partial charge in [-0.15, -0.1) is 0 Å². The SMILES string of the molecule is Cc1ccc(N(C)S(=O)(=O)c2cccc(C(=O)N3CCc4c(F)cc(F)cc43)c2)cc1. The van der Waals surface area contributed by atoms with E-state index < -0.39 is 27.6 Å². The van der Waals surface area contributed by atoms with Crippen molar-refractivity contribution >= 4 is 27.3 Å². The molecule has 0 radical (unpaired) electrons. The highest BCUT2D eigenvalue weighted by Gasteiger charge is 2.30. The molecule has 8 heteroatoms. The lowest BCUT2D eigenvalue weighted by molar-refractivity contribution is 0.0989. The quantitative estimate of drug-likeness (QED) is 0.605. The monoisotopic (exact) mass is 442 g/mol. The Bertz CT molecular complexity index is 1270. The molecule has 1 amide bonds. The number of carbonyl (C=O) groups excluding carboxylic acids is 1. The number of nitrogens with zero attached hydrogens (tertiary/aromatic N) is 2. The predicted octanol–water partition coefficient (Wildman–Crippen LogP) is 4.30. The number of halogens is 2. The number of hydrogen-bond acceptors (Lipinski definition) is 3. The third kappa shape index (κ3) is 3.79. The Kier molecular flexibility index (Phi) is 5.26. The first-order valence-electron chi connectivity index (χ1n) is 9.64. The van der Waals surface area contributed by atoms with Gasteiger partial charge in [-0.3, -0.25) is 9.10 Å². The Morgan fingerprint density at radius 1 is 1.03 bits per heavy atom. The minimum absolute atomic E-state index is 0.0498. The van der Waals surface area contributed by atoms with Gasteiger partial charge in [-0.25, -0.2) is 17.2 Å². The molecule has 0 N–H and O–H groups in total. The van der Waals surface area contributed by atoms with Crippen LogP contribution in [0.25, 0.3) is 0 Å². The highest BCUT2D eigenvalue weighted by molar-refractivity contribution is 7.92. The summed E-state index contributed by atoms with van der Waals surface area (Å²) < 4.78 is 55.1. The summed E-state index contributed by atoms with van der Waals surface area (Å²) in [5.41, 5.74) is 2.06. The van der Waals surface area contributed by atoms with Gasteiger partial charge in [0.1, 0.15) is 11.6 Å². The van der Waals surface area contributed by atoms with Crippen molar-refractivity contribution in [3.63, 3.8) is 0 Å². The maximum Gasteiger partial charge on any atom is 0.264 e. The first-order valence-corrected chi connectivity index (χ1v) is 11.1. The van der Waals surface area contributed by atoms with Crippen LogP contribution in [0.5, 0.6) is 0 Å². The Morgan fingerprint density at radius 3 is 2.45 bits per heavy atom. The van der Waals surface area contributed by atoms with Gasteiger partial charge in [0.05, 0.1) is 16.3 Å². The summed E-state index contributed by atoms with van der Waals surface area (Å²) in [5.74, 6) is -1.98. The second kappa shape index (κ2) is 7.77. The third-order valence-electron chi connectivity index (χ3n) is 5.40. The maximum absolute atomic E-state index is 14.0. The van der Waals surface area contributed by atoms with Gasteiger partial charge >= 0.3 is 0 Å². The summed E-state index contributed by atoms with van der Waals surface area (Å²) in [7, 11) is -2.47. The van der Waals surface area contributed by atoms with Gasteiger partial charge in [0.15, 0.2) is 0 Å². The fourth-order valence-corrected chi connectivity index (χ4v) is 4.87. The summed E-state index contributed by atoms with van der Waals surface area (Å²) in [5, 5.41) is 0. The van der Waals surface area contributed by atoms with Crippen molar-refractivity contribution in [2.24, 2.45) is 0 Å². The molecule has 1 aliphatic heterocycles. The topological polar surface area (TPSA) is 57.7 Å². The molecular weight excluding hydrogens is 422 g/mol. The van der Waals surface area contributed by atoms with Gasteiger partial charge in [-0.1, -0.05) is 23.8 Å². The molecule has 0 spiro atoms. The summed E-state index contributed by atoms with van der Waals surface area (Å²) in [4.78, 5) is 14.3. The molecule has 0 fully saturated rings. The average Bonchev–Trinajstić information content (AvgIpc) is 3.17. The van der Waals surface area contributed by atoms with Gasteiger partial charge in [0, 0.05) is 30.8 Å². The Hall–Kier alpha value is -3.26. The lowest BCUT2D eigenvalue weighted by atomic mass is 10.1. The second-order valence-corrected chi connectivity index (χ2v) is 9.40. The zero-order valence-corrected chi connectivity index (χ0v) is 17.8. The van der Waals surface area contributed by atoms with Crippen LogP contribution in [0.1, 0.15) is 21.5 Å². The number of aryl methyl sites for hydroxylation is 1. The lowest BCUT2D eigenvalue weighted by Gasteiger charge is -2.21. The molecule has 0 aromatic heterocycles. The molecule has 5 nitrogen and oxygen atoms in total. The average molecular weight is 442 g/mol. The molecule has 31 heavy (non-hydrogen) atoms. The predicted molar refractivity (Wildman–Crippen MR) is 115 cm³/mol. The van der Waals surface area contributed by atoms with Crippen LogP contribution in [0, 0.1) is 18.6 Å². The number of anilines is 2. The van der Waals surface area contributed by atoms with E-state index in [9.17, 15) is 22.0 Å². The molecule has 0 atom stereocenters. The Labute approximate surface area is 179 Å². The zero-order chi connectivity index (χ0) is 22.3. The number of amides is 1. The second-order valence-electron chi connectivity index (χ2n) is 7.43. The van der Waals surface area contributed by atoms with E-state index >= 15 is 0 Å². The van der Waals surface area contributed by atoms with Crippen molar-refractivity contribution in [2.75, 3.05) is 22.8 Å². The van der Waals surface area contributed by atoms with Gasteiger partial charge in [0.2, 0.25) is 0 Å². The molecule has 0 aliphatic carbocycles. The minimum Gasteiger partial charge on any atom is -0.308 e. The molecule has 4 rings (SSSR count). The number of benzene rings is 3. The van der Waals surface area contributed by atoms with Crippen molar-refractivity contribution in [3.05, 3.63) is 89.0 Å². The smallest absolute Gasteiger partial charge is 0.264 e. The number of sulfonamides is 1. The third-order valence-corrected chi connectivity index (χ3v) is 7.18. The van der Waals surface area contributed by atoms with Crippen LogP contribution >= 0.6 is 0 Å². The van der Waals surface area contributed by atoms with Gasteiger partial charge < -0.3 is 4.90 Å². The summed E-state index contributed by atoms with van der Waals surface area (Å²) in [6.07, 6.45) is 0.265. The Balaban J connectivity index is 1.66. The van der Waals surface area contributed by atoms with Gasteiger partial charge in [-0.05, 0) is 49.7 Å². The number of hydrogen-bond donors (Lipinski definition) is 0. The maximum atomic E-state index is 14.0. The molecule has 160 valence electrons. The molecular formula is C23H20F2N2O3S. The van der Waals surface area contributed by atoms with Crippen molar-refractivity contribution in [2.45, 2.75) is 18.2 Å². The van der Waals surface area contributed by atoms with Crippen LogP contribution in [0.2, 0.25) is 0 Å². The Morgan fingerprint density at radius 2 is 1.74 bits per heavy atom. The van der Waals surface area contributed by atoms with E-state index in [1.54, 1.807) is 12.1 Å². The van der Waals surface area contributed by atoms with Crippen LogP contribution in [0.3, 0.4) is 0 Å². The van der Waals surface area contributed by atoms with E-state index in [1.165, 1.54) is 36.2 Å². The van der Waals surface area contributed by atoms with E-state index in [4.69, 9.17) is 0 Å². The molecule has 1 heterocycles.